The molecule has 0 unspecified atom stereocenters. The number of fused-ring (bicyclic) bond motifs is 5. The Hall–Kier alpha value is -0.460. The predicted octanol–water partition coefficient (Wildman–Crippen LogP) is -1.62. The molecule has 2 N–H and O–H groups in total. The third-order valence-corrected chi connectivity index (χ3v) is 9.39. The van der Waals surface area contributed by atoms with Crippen LogP contribution in [0.5, 0.6) is 0 Å². The van der Waals surface area contributed by atoms with E-state index in [-0.39, 0.29) is 48.2 Å². The second-order valence-electron chi connectivity index (χ2n) is 10.3. The molecular formula is C22H28FNaO8S. The SMILES string of the molecule is C[C@@H]1C[C@H]2[C@@H]3CCC4=CC(=O)C=C[C@]4(C)[C@@]3(F)[C@@H](O)C[C@]2(C)[C@@]1(O)C(=O)COS(=O)(=O)[O-].[Na+]. The first-order chi connectivity index (χ1) is 14.6. The van der Waals surface area contributed by atoms with Gasteiger partial charge in [-0.25, -0.2) is 12.8 Å². The average molecular weight is 495 g/mol. The fourth-order valence-corrected chi connectivity index (χ4v) is 7.63. The number of aliphatic hydroxyl groups is 2. The number of alkyl halides is 1. The quantitative estimate of drug-likeness (QED) is 0.270. The molecule has 0 aromatic rings. The van der Waals surface area contributed by atoms with Gasteiger partial charge in [0.05, 0.1) is 6.10 Å². The van der Waals surface area contributed by atoms with Gasteiger partial charge >= 0.3 is 29.6 Å². The Kier molecular flexibility index (Phi) is 6.82. The molecule has 4 aliphatic carbocycles. The topological polar surface area (TPSA) is 141 Å². The van der Waals surface area contributed by atoms with Crippen LogP contribution < -0.4 is 29.6 Å². The molecule has 0 heterocycles. The molecule has 0 amide bonds. The molecule has 3 fully saturated rings. The van der Waals surface area contributed by atoms with E-state index in [0.29, 0.717) is 18.4 Å². The van der Waals surface area contributed by atoms with Gasteiger partial charge in [0.2, 0.25) is 10.4 Å². The average Bonchev–Trinajstić information content (AvgIpc) is 2.89. The molecule has 0 radical (unpaired) electrons. The van der Waals surface area contributed by atoms with Crippen molar-refractivity contribution in [2.24, 2.45) is 28.6 Å². The first-order valence-electron chi connectivity index (χ1n) is 10.8. The summed E-state index contributed by atoms with van der Waals surface area (Å²) in [5, 5.41) is 22.8. The Morgan fingerprint density at radius 3 is 2.58 bits per heavy atom. The van der Waals surface area contributed by atoms with E-state index in [9.17, 15) is 32.8 Å². The molecule has 0 aromatic heterocycles. The van der Waals surface area contributed by atoms with Gasteiger partial charge in [-0.05, 0) is 56.6 Å². The zero-order chi connectivity index (χ0) is 23.9. The molecule has 33 heavy (non-hydrogen) atoms. The Bertz CT molecular complexity index is 1040. The normalized spacial score (nSPS) is 46.5. The molecule has 11 heteroatoms. The maximum absolute atomic E-state index is 17.0. The minimum atomic E-state index is -5.14. The maximum atomic E-state index is 17.0. The second-order valence-corrected chi connectivity index (χ2v) is 11.3. The van der Waals surface area contributed by atoms with Crippen LogP contribution in [0.4, 0.5) is 4.39 Å². The van der Waals surface area contributed by atoms with Crippen molar-refractivity contribution in [3.8, 4) is 0 Å². The van der Waals surface area contributed by atoms with Gasteiger partial charge in [-0.3, -0.25) is 13.8 Å². The number of carbonyl (C=O) groups excluding carboxylic acids is 2. The first kappa shape index (κ1) is 27.1. The maximum Gasteiger partial charge on any atom is 1.00 e. The monoisotopic (exact) mass is 494 g/mol. The van der Waals surface area contributed by atoms with Crippen molar-refractivity contribution >= 4 is 22.0 Å². The molecule has 0 aliphatic heterocycles. The number of allylic oxidation sites excluding steroid dienone is 4. The van der Waals surface area contributed by atoms with E-state index in [2.05, 4.69) is 4.18 Å². The van der Waals surface area contributed by atoms with Gasteiger partial charge in [0.15, 0.2) is 17.2 Å². The van der Waals surface area contributed by atoms with E-state index in [1.165, 1.54) is 18.2 Å². The van der Waals surface area contributed by atoms with Crippen molar-refractivity contribution in [2.45, 2.75) is 63.8 Å². The minimum absolute atomic E-state index is 0. The van der Waals surface area contributed by atoms with Crippen LogP contribution >= 0.6 is 0 Å². The zero-order valence-corrected chi connectivity index (χ0v) is 22.0. The Labute approximate surface area is 214 Å². The molecule has 4 rings (SSSR count). The summed E-state index contributed by atoms with van der Waals surface area (Å²) in [6, 6.07) is 0. The summed E-state index contributed by atoms with van der Waals surface area (Å²) in [5.41, 5.74) is -6.04. The van der Waals surface area contributed by atoms with Crippen molar-refractivity contribution in [2.75, 3.05) is 6.61 Å². The molecule has 0 aromatic carbocycles. The summed E-state index contributed by atoms with van der Waals surface area (Å²) in [6.45, 7) is 3.78. The van der Waals surface area contributed by atoms with Gasteiger partial charge < -0.3 is 14.8 Å². The molecule has 8 atom stereocenters. The number of carbonyl (C=O) groups is 2. The summed E-state index contributed by atoms with van der Waals surface area (Å²) in [7, 11) is -5.14. The van der Waals surface area contributed by atoms with E-state index in [0.717, 1.165) is 0 Å². The van der Waals surface area contributed by atoms with Crippen molar-refractivity contribution in [1.29, 1.82) is 0 Å². The standard InChI is InChI=1S/C22H29FO8S.Na/c1-12-8-16-15-5-4-13-9-14(24)6-7-19(13,2)21(15,23)17(25)10-20(16,3)22(12,27)18(26)11-31-32(28,29)30;/h6-7,9,12,15-17,25,27H,4-5,8,10-11H2,1-3H3,(H,28,29,30);/q;+1/p-1/t12-,15+,16+,17+,19+,20+,21+,22+;/m1./s1. The third kappa shape index (κ3) is 3.59. The van der Waals surface area contributed by atoms with Crippen LogP contribution in [0.2, 0.25) is 0 Å². The van der Waals surface area contributed by atoms with Gasteiger partial charge in [-0.2, -0.15) is 0 Å². The van der Waals surface area contributed by atoms with E-state index in [1.807, 2.05) is 0 Å². The van der Waals surface area contributed by atoms with Crippen LogP contribution in [0, 0.1) is 28.6 Å². The van der Waals surface area contributed by atoms with Crippen LogP contribution in [-0.4, -0.2) is 58.7 Å². The largest absolute Gasteiger partial charge is 1.00 e. The summed E-state index contributed by atoms with van der Waals surface area (Å²) in [6.07, 6.45) is 3.52. The van der Waals surface area contributed by atoms with Crippen molar-refractivity contribution in [3.05, 3.63) is 23.8 Å². The molecule has 8 nitrogen and oxygen atoms in total. The van der Waals surface area contributed by atoms with E-state index in [1.54, 1.807) is 20.8 Å². The fraction of sp³-hybridized carbons (Fsp3) is 0.727. The van der Waals surface area contributed by atoms with E-state index in [4.69, 9.17) is 0 Å². The van der Waals surface area contributed by atoms with Crippen LogP contribution in [-0.2, 0) is 24.2 Å². The number of halogens is 1. The fourth-order valence-electron chi connectivity index (χ4n) is 7.38. The number of ketones is 2. The van der Waals surface area contributed by atoms with Gasteiger partial charge in [0, 0.05) is 16.7 Å². The van der Waals surface area contributed by atoms with Gasteiger partial charge in [0.25, 0.3) is 0 Å². The first-order valence-corrected chi connectivity index (χ1v) is 12.1. The zero-order valence-electron chi connectivity index (χ0n) is 19.2. The smallest absolute Gasteiger partial charge is 0.726 e. The van der Waals surface area contributed by atoms with Crippen LogP contribution in [0.1, 0.15) is 46.5 Å². The number of hydrogen-bond donors (Lipinski definition) is 2. The summed E-state index contributed by atoms with van der Waals surface area (Å²) in [4.78, 5) is 24.8. The van der Waals surface area contributed by atoms with Crippen LogP contribution in [0.25, 0.3) is 0 Å². The summed E-state index contributed by atoms with van der Waals surface area (Å²) in [5.74, 6) is -3.07. The Balaban J connectivity index is 0.00000306. The summed E-state index contributed by atoms with van der Waals surface area (Å²) < 4.78 is 53.6. The second kappa shape index (κ2) is 8.30. The van der Waals surface area contributed by atoms with Crippen molar-refractivity contribution in [1.82, 2.24) is 0 Å². The van der Waals surface area contributed by atoms with Crippen molar-refractivity contribution < 1.29 is 70.9 Å². The number of rotatable bonds is 4. The Morgan fingerprint density at radius 1 is 1.33 bits per heavy atom. The number of aliphatic hydroxyl groups excluding tert-OH is 1. The Morgan fingerprint density at radius 2 is 1.97 bits per heavy atom. The van der Waals surface area contributed by atoms with Crippen LogP contribution in [0.3, 0.4) is 0 Å². The van der Waals surface area contributed by atoms with E-state index >= 15 is 4.39 Å². The van der Waals surface area contributed by atoms with Crippen molar-refractivity contribution in [3.63, 3.8) is 0 Å². The summed E-state index contributed by atoms with van der Waals surface area (Å²) >= 11 is 0. The van der Waals surface area contributed by atoms with Gasteiger partial charge in [0.1, 0.15) is 12.2 Å². The predicted molar refractivity (Wildman–Crippen MR) is 109 cm³/mol. The molecule has 0 spiro atoms. The molecule has 3 saturated carbocycles. The number of Topliss-reactive ketones (excluding diaryl/α,β-unsaturated/α-hetero) is 1. The molecular weight excluding hydrogens is 466 g/mol. The van der Waals surface area contributed by atoms with Crippen LogP contribution in [0.15, 0.2) is 23.8 Å². The minimum Gasteiger partial charge on any atom is -0.726 e. The van der Waals surface area contributed by atoms with Gasteiger partial charge in [-0.1, -0.05) is 25.5 Å². The molecule has 0 bridgehead atoms. The molecule has 4 aliphatic rings. The van der Waals surface area contributed by atoms with E-state index < -0.39 is 68.7 Å². The molecule has 178 valence electrons. The number of hydrogen-bond acceptors (Lipinski definition) is 8. The molecule has 0 saturated heterocycles. The third-order valence-electron chi connectivity index (χ3n) is 8.98. The van der Waals surface area contributed by atoms with Gasteiger partial charge in [-0.15, -0.1) is 0 Å².